The monoisotopic (exact) mass is 349 g/mol. The van der Waals surface area contributed by atoms with Crippen LogP contribution in [-0.2, 0) is 9.59 Å². The van der Waals surface area contributed by atoms with E-state index in [0.29, 0.717) is 12.5 Å². The van der Waals surface area contributed by atoms with Crippen molar-refractivity contribution < 1.29 is 9.59 Å². The maximum Gasteiger partial charge on any atom is 0.225 e. The molecular weight excluding hydrogens is 322 g/mol. The van der Waals surface area contributed by atoms with Crippen molar-refractivity contribution in [2.45, 2.75) is 45.2 Å². The van der Waals surface area contributed by atoms with Gasteiger partial charge in [0.15, 0.2) is 0 Å². The topological polar surface area (TPSA) is 61.4 Å². The number of piperidine rings is 1. The van der Waals surface area contributed by atoms with E-state index in [9.17, 15) is 9.59 Å². The Bertz CT molecular complexity index is 368. The van der Waals surface area contributed by atoms with Gasteiger partial charge in [0.1, 0.15) is 0 Å². The molecule has 2 aliphatic heterocycles. The maximum atomic E-state index is 12.1. The number of carbonyl (C=O) groups excluding carboxylic acids is 2. The van der Waals surface area contributed by atoms with E-state index in [0.717, 1.165) is 44.0 Å². The van der Waals surface area contributed by atoms with E-state index in [1.165, 1.54) is 0 Å². The number of likely N-dealkylation sites (tertiary alicyclic amines) is 1. The molecule has 0 aliphatic carbocycles. The average Bonchev–Trinajstić information content (AvgIpc) is 2.48. The Kier molecular flexibility index (Phi) is 8.57. The molecule has 1 unspecified atom stereocenters. The zero-order chi connectivity index (χ0) is 15.2. The summed E-state index contributed by atoms with van der Waals surface area (Å²) in [4.78, 5) is 25.9. The summed E-state index contributed by atoms with van der Waals surface area (Å²) in [6.45, 7) is 6.40. The predicted molar refractivity (Wildman–Crippen MR) is 93.6 cm³/mol. The van der Waals surface area contributed by atoms with E-state index < -0.39 is 0 Å². The number of nitrogens with one attached hydrogen (secondary N) is 2. The van der Waals surface area contributed by atoms with Crippen molar-refractivity contribution >= 4 is 36.0 Å². The van der Waals surface area contributed by atoms with Crippen molar-refractivity contribution in [3.63, 3.8) is 0 Å². The molecule has 2 heterocycles. The van der Waals surface area contributed by atoms with Crippen LogP contribution in [0.1, 0.15) is 33.1 Å². The second kappa shape index (κ2) is 9.63. The minimum absolute atomic E-state index is 0. The first kappa shape index (κ1) is 19.6. The standard InChI is InChI=1S/C15H27N3O2S.ClH/c1-11(2)15(20)18-6-3-12(4-7-18)17-14(19)9-13-10-21-8-5-16-13;/h11-13,16H,3-10H2,1-2H3,(H,17,19);1H. The van der Waals surface area contributed by atoms with Crippen LogP contribution in [-0.4, -0.2) is 59.9 Å². The second-order valence-electron chi connectivity index (χ2n) is 6.25. The van der Waals surface area contributed by atoms with Gasteiger partial charge in [-0.25, -0.2) is 0 Å². The molecule has 0 spiro atoms. The molecule has 22 heavy (non-hydrogen) atoms. The number of carbonyl (C=O) groups is 2. The summed E-state index contributed by atoms with van der Waals surface area (Å²) in [6.07, 6.45) is 2.31. The fourth-order valence-corrected chi connectivity index (χ4v) is 3.82. The highest BCUT2D eigenvalue weighted by Gasteiger charge is 2.25. The van der Waals surface area contributed by atoms with Crippen LogP contribution in [0.15, 0.2) is 0 Å². The van der Waals surface area contributed by atoms with Gasteiger partial charge in [-0.05, 0) is 12.8 Å². The minimum Gasteiger partial charge on any atom is -0.353 e. The number of hydrogen-bond donors (Lipinski definition) is 2. The SMILES string of the molecule is CC(C)C(=O)N1CCC(NC(=O)CC2CSCCN2)CC1.Cl. The average molecular weight is 350 g/mol. The third-order valence-corrected chi connectivity index (χ3v) is 5.23. The maximum absolute atomic E-state index is 12.1. The van der Waals surface area contributed by atoms with Gasteiger partial charge in [0.2, 0.25) is 11.8 Å². The third kappa shape index (κ3) is 5.97. The molecule has 2 aliphatic rings. The lowest BCUT2D eigenvalue weighted by Crippen LogP contribution is -2.49. The summed E-state index contributed by atoms with van der Waals surface area (Å²) in [5.41, 5.74) is 0. The molecule has 0 aromatic carbocycles. The molecule has 1 atom stereocenters. The fourth-order valence-electron chi connectivity index (χ4n) is 2.87. The van der Waals surface area contributed by atoms with Gasteiger partial charge >= 0.3 is 0 Å². The van der Waals surface area contributed by atoms with Gasteiger partial charge in [-0.2, -0.15) is 11.8 Å². The van der Waals surface area contributed by atoms with Crippen LogP contribution in [0.4, 0.5) is 0 Å². The van der Waals surface area contributed by atoms with E-state index in [4.69, 9.17) is 0 Å². The molecule has 0 bridgehead atoms. The molecule has 2 saturated heterocycles. The van der Waals surface area contributed by atoms with Crippen molar-refractivity contribution in [2.24, 2.45) is 5.92 Å². The quantitative estimate of drug-likeness (QED) is 0.802. The summed E-state index contributed by atoms with van der Waals surface area (Å²) in [5.74, 6) is 2.59. The molecule has 2 N–H and O–H groups in total. The molecule has 128 valence electrons. The number of thioether (sulfide) groups is 1. The van der Waals surface area contributed by atoms with Crippen LogP contribution in [0.2, 0.25) is 0 Å². The van der Waals surface area contributed by atoms with E-state index in [2.05, 4.69) is 10.6 Å². The number of amides is 2. The number of hydrogen-bond acceptors (Lipinski definition) is 4. The number of halogens is 1. The lowest BCUT2D eigenvalue weighted by atomic mass is 10.0. The first-order chi connectivity index (χ1) is 10.1. The largest absolute Gasteiger partial charge is 0.353 e. The molecule has 5 nitrogen and oxygen atoms in total. The molecule has 0 radical (unpaired) electrons. The number of nitrogens with zero attached hydrogens (tertiary/aromatic N) is 1. The highest BCUT2D eigenvalue weighted by Crippen LogP contribution is 2.14. The highest BCUT2D eigenvalue weighted by molar-refractivity contribution is 7.99. The molecule has 0 aromatic heterocycles. The number of rotatable bonds is 4. The third-order valence-electron chi connectivity index (χ3n) is 4.10. The second-order valence-corrected chi connectivity index (χ2v) is 7.40. The molecule has 2 rings (SSSR count). The van der Waals surface area contributed by atoms with Crippen molar-refractivity contribution in [2.75, 3.05) is 31.1 Å². The highest BCUT2D eigenvalue weighted by atomic mass is 35.5. The molecule has 2 amide bonds. The zero-order valence-electron chi connectivity index (χ0n) is 13.5. The fraction of sp³-hybridized carbons (Fsp3) is 0.867. The van der Waals surface area contributed by atoms with Crippen LogP contribution >= 0.6 is 24.2 Å². The normalized spacial score (nSPS) is 23.0. The zero-order valence-corrected chi connectivity index (χ0v) is 15.1. The summed E-state index contributed by atoms with van der Waals surface area (Å²) in [6, 6.07) is 0.538. The van der Waals surface area contributed by atoms with Gasteiger partial charge < -0.3 is 15.5 Å². The Morgan fingerprint density at radius 2 is 2.00 bits per heavy atom. The lowest BCUT2D eigenvalue weighted by molar-refractivity contribution is -0.135. The van der Waals surface area contributed by atoms with Crippen molar-refractivity contribution in [3.8, 4) is 0 Å². The summed E-state index contributed by atoms with van der Waals surface area (Å²) in [5, 5.41) is 6.52. The predicted octanol–water partition coefficient (Wildman–Crippen LogP) is 1.27. The smallest absolute Gasteiger partial charge is 0.225 e. The van der Waals surface area contributed by atoms with Gasteiger partial charge in [0.25, 0.3) is 0 Å². The van der Waals surface area contributed by atoms with Crippen molar-refractivity contribution in [3.05, 3.63) is 0 Å². The minimum atomic E-state index is 0. The van der Waals surface area contributed by atoms with Gasteiger partial charge in [0.05, 0.1) is 0 Å². The van der Waals surface area contributed by atoms with Crippen molar-refractivity contribution in [1.29, 1.82) is 0 Å². The summed E-state index contributed by atoms with van der Waals surface area (Å²) >= 11 is 1.91. The Morgan fingerprint density at radius 3 is 2.55 bits per heavy atom. The first-order valence-electron chi connectivity index (χ1n) is 7.95. The summed E-state index contributed by atoms with van der Waals surface area (Å²) in [7, 11) is 0. The molecular formula is C15H28ClN3O2S. The lowest BCUT2D eigenvalue weighted by Gasteiger charge is -2.33. The van der Waals surface area contributed by atoms with Gasteiger partial charge in [-0.15, -0.1) is 12.4 Å². The first-order valence-corrected chi connectivity index (χ1v) is 9.11. The van der Waals surface area contributed by atoms with Crippen LogP contribution in [0, 0.1) is 5.92 Å². The Morgan fingerprint density at radius 1 is 1.32 bits per heavy atom. The van der Waals surface area contributed by atoms with Crippen molar-refractivity contribution in [1.82, 2.24) is 15.5 Å². The van der Waals surface area contributed by atoms with E-state index >= 15 is 0 Å². The van der Waals surface area contributed by atoms with E-state index in [1.54, 1.807) is 0 Å². The van der Waals surface area contributed by atoms with E-state index in [1.807, 2.05) is 30.5 Å². The van der Waals surface area contributed by atoms with Crippen LogP contribution in [0.25, 0.3) is 0 Å². The van der Waals surface area contributed by atoms with Gasteiger partial charge in [0, 0.05) is 55.6 Å². The van der Waals surface area contributed by atoms with Crippen LogP contribution in [0.5, 0.6) is 0 Å². The van der Waals surface area contributed by atoms with Crippen LogP contribution < -0.4 is 10.6 Å². The molecule has 0 saturated carbocycles. The van der Waals surface area contributed by atoms with Gasteiger partial charge in [-0.1, -0.05) is 13.8 Å². The van der Waals surface area contributed by atoms with E-state index in [-0.39, 0.29) is 36.2 Å². The Hall–Kier alpha value is -0.460. The molecule has 7 heteroatoms. The Labute approximate surface area is 143 Å². The molecule has 2 fully saturated rings. The molecule has 0 aromatic rings. The Balaban J connectivity index is 0.00000242. The van der Waals surface area contributed by atoms with Crippen LogP contribution in [0.3, 0.4) is 0 Å². The summed E-state index contributed by atoms with van der Waals surface area (Å²) < 4.78 is 0. The van der Waals surface area contributed by atoms with Gasteiger partial charge in [-0.3, -0.25) is 9.59 Å².